The van der Waals surface area contributed by atoms with Crippen molar-refractivity contribution >= 4 is 46.0 Å². The molecular weight excluding hydrogens is 966 g/mol. The summed E-state index contributed by atoms with van der Waals surface area (Å²) in [5.74, 6) is 2.96. The maximum absolute atomic E-state index is 13.0. The van der Waals surface area contributed by atoms with Crippen LogP contribution in [0.3, 0.4) is 0 Å². The number of likely N-dealkylation sites (tertiary alicyclic amines) is 2. The van der Waals surface area contributed by atoms with Gasteiger partial charge in [-0.3, -0.25) is 19.1 Å². The number of halogens is 1. The van der Waals surface area contributed by atoms with Crippen LogP contribution in [-0.4, -0.2) is 107 Å². The molecule has 402 valence electrons. The first-order valence-electron chi connectivity index (χ1n) is 26.8. The Morgan fingerprint density at radius 1 is 1.03 bits per heavy atom. The number of piperidine rings is 2. The van der Waals surface area contributed by atoms with Crippen molar-refractivity contribution < 1.29 is 19.4 Å². The fourth-order valence-corrected chi connectivity index (χ4v) is 11.7. The first kappa shape index (κ1) is 59.9. The lowest BCUT2D eigenvalue weighted by molar-refractivity contribution is -0.125. The number of methoxy groups -OCH3 is 1. The zero-order valence-electron chi connectivity index (χ0n) is 46.3. The topological polar surface area (TPSA) is 142 Å². The van der Waals surface area contributed by atoms with Crippen molar-refractivity contribution in [3.05, 3.63) is 134 Å². The van der Waals surface area contributed by atoms with Crippen molar-refractivity contribution in [3.63, 3.8) is 0 Å². The Hall–Kier alpha value is -5.02. The van der Waals surface area contributed by atoms with Crippen LogP contribution in [0.4, 0.5) is 0 Å². The average molecular weight is 1050 g/mol. The second kappa shape index (κ2) is 28.2. The molecule has 5 aromatic rings. The number of nitrogens with zero attached hydrogens (tertiary/aromatic N) is 5. The minimum atomic E-state index is -0.405. The number of aromatic nitrogens is 3. The van der Waals surface area contributed by atoms with Crippen molar-refractivity contribution in [2.75, 3.05) is 53.4 Å². The number of fused-ring (bicyclic) bond motifs is 5. The number of aryl methyl sites for hydroxylation is 1. The van der Waals surface area contributed by atoms with Gasteiger partial charge in [0.25, 0.3) is 5.56 Å². The number of hydrogen-bond donors (Lipinski definition) is 3. The largest absolute Gasteiger partial charge is 0.500 e. The number of aliphatic hydroxyl groups is 1. The molecule has 4 aliphatic heterocycles. The highest BCUT2D eigenvalue weighted by Gasteiger charge is 2.42. The molecule has 0 radical (unpaired) electrons. The Morgan fingerprint density at radius 3 is 2.26 bits per heavy atom. The lowest BCUT2D eigenvalue weighted by atomic mass is 9.76. The van der Waals surface area contributed by atoms with Gasteiger partial charge in [-0.05, 0) is 157 Å². The number of rotatable bonds is 12. The second-order valence-electron chi connectivity index (χ2n) is 20.4. The van der Waals surface area contributed by atoms with Gasteiger partial charge >= 0.3 is 0 Å². The van der Waals surface area contributed by atoms with Crippen LogP contribution in [-0.2, 0) is 26.3 Å². The number of aldehydes is 1. The monoisotopic (exact) mass is 1050 g/mol. The number of nitrogens with one attached hydrogen (secondary N) is 2. The summed E-state index contributed by atoms with van der Waals surface area (Å²) in [5, 5.41) is 17.0. The summed E-state index contributed by atoms with van der Waals surface area (Å²) >= 11 is 8.07. The molecule has 74 heavy (non-hydrogen) atoms. The molecule has 3 N–H and O–H groups in total. The number of carbonyl (C=O) groups excluding carboxylic acids is 2. The first-order valence-corrected chi connectivity index (χ1v) is 28.1. The van der Waals surface area contributed by atoms with E-state index in [0.717, 1.165) is 51.6 Å². The zero-order valence-corrected chi connectivity index (χ0v) is 47.8. The molecule has 1 amide bonds. The number of amides is 1. The summed E-state index contributed by atoms with van der Waals surface area (Å²) < 4.78 is 7.32. The van der Waals surface area contributed by atoms with E-state index in [2.05, 4.69) is 80.8 Å². The molecule has 3 saturated heterocycles. The van der Waals surface area contributed by atoms with E-state index in [1.54, 1.807) is 30.6 Å². The summed E-state index contributed by atoms with van der Waals surface area (Å²) in [6, 6.07) is 20.3. The third-order valence-corrected chi connectivity index (χ3v) is 15.7. The van der Waals surface area contributed by atoms with Crippen LogP contribution in [0.5, 0.6) is 0 Å². The van der Waals surface area contributed by atoms with Gasteiger partial charge in [-0.2, -0.15) is 4.98 Å². The highest BCUT2D eigenvalue weighted by atomic mass is 35.5. The van der Waals surface area contributed by atoms with Gasteiger partial charge in [0.2, 0.25) is 5.91 Å². The highest BCUT2D eigenvalue weighted by molar-refractivity contribution is 7.13. The number of hydrogen-bond acceptors (Lipinski definition) is 11. The third-order valence-electron chi connectivity index (χ3n) is 14.4. The van der Waals surface area contributed by atoms with Crippen LogP contribution in [0.25, 0.3) is 27.0 Å². The number of ether oxygens (including phenoxy) is 1. The number of likely N-dealkylation sites (N-methyl/N-ethyl adjacent to an activating group) is 1. The molecule has 3 unspecified atom stereocenters. The fourth-order valence-electron chi connectivity index (χ4n) is 10.6. The van der Waals surface area contributed by atoms with Crippen molar-refractivity contribution in [2.24, 2.45) is 17.8 Å². The molecule has 3 fully saturated rings. The number of β-amino-alcohol motifs (C(OH)–C–C–N with tert-alkyl or cyclic N) is 1. The van der Waals surface area contributed by atoms with E-state index in [1.165, 1.54) is 74.4 Å². The van der Waals surface area contributed by atoms with E-state index in [1.807, 2.05) is 97.1 Å². The number of carbonyl (C=O) groups is 2. The summed E-state index contributed by atoms with van der Waals surface area (Å²) in [4.78, 5) is 50.6. The molecule has 0 spiro atoms. The molecule has 0 bridgehead atoms. The lowest BCUT2D eigenvalue weighted by Crippen LogP contribution is -2.41. The molecule has 9 rings (SSSR count). The Labute approximate surface area is 450 Å². The van der Waals surface area contributed by atoms with E-state index in [4.69, 9.17) is 16.3 Å². The van der Waals surface area contributed by atoms with E-state index >= 15 is 0 Å². The van der Waals surface area contributed by atoms with Crippen molar-refractivity contribution in [2.45, 2.75) is 131 Å². The van der Waals surface area contributed by atoms with Crippen molar-refractivity contribution in [1.29, 1.82) is 0 Å². The van der Waals surface area contributed by atoms with E-state index in [9.17, 15) is 19.5 Å². The number of benzene rings is 3. The molecule has 2 aromatic heterocycles. The Kier molecular flexibility index (Phi) is 22.8. The van der Waals surface area contributed by atoms with Gasteiger partial charge in [0.15, 0.2) is 0 Å². The fraction of sp³-hybridized carbons (Fsp3) is 0.517. The smallest absolute Gasteiger partial charge is 0.282 e. The summed E-state index contributed by atoms with van der Waals surface area (Å²) in [6.45, 7) is 31.0. The van der Waals surface area contributed by atoms with E-state index in [0.29, 0.717) is 41.6 Å². The van der Waals surface area contributed by atoms with Crippen LogP contribution in [0.1, 0.15) is 129 Å². The number of thiazole rings is 1. The second-order valence-corrected chi connectivity index (χ2v) is 21.6. The molecular formula is C60H84ClN7O5S. The summed E-state index contributed by atoms with van der Waals surface area (Å²) in [7, 11) is 3.44. The highest BCUT2D eigenvalue weighted by Crippen LogP contribution is 2.48. The minimum absolute atomic E-state index is 0.0218. The van der Waals surface area contributed by atoms with E-state index < -0.39 is 6.10 Å². The number of aliphatic hydroxyl groups excluding tert-OH is 1. The van der Waals surface area contributed by atoms with Crippen LogP contribution in [0.2, 0.25) is 5.02 Å². The van der Waals surface area contributed by atoms with Gasteiger partial charge in [-0.15, -0.1) is 11.3 Å². The normalized spacial score (nSPS) is 19.0. The van der Waals surface area contributed by atoms with E-state index in [-0.39, 0.29) is 34.8 Å². The lowest BCUT2D eigenvalue weighted by Gasteiger charge is -2.36. The maximum Gasteiger partial charge on any atom is 0.282 e. The SMILES string of the molecule is C=C(C)/C=C(\OC)C(C=O)C(C)C.CC.CC.CC1(C)c2c(C3CCN(CC4CCNCC4)CC3)cccc2-n2c1nc(=O)c1c(Cl)cccc12.Cc1ncsc1-c1ccc(CNC(=O)C2CC(O)CN2C)cc1. The van der Waals surface area contributed by atoms with Gasteiger partial charge in [0, 0.05) is 19.6 Å². The molecule has 3 aromatic carbocycles. The summed E-state index contributed by atoms with van der Waals surface area (Å²) in [5.41, 5.74) is 10.2. The molecule has 6 heterocycles. The van der Waals surface area contributed by atoms with Gasteiger partial charge in [0.05, 0.1) is 68.3 Å². The Balaban J connectivity index is 0.000000220. The molecule has 3 atom stereocenters. The zero-order chi connectivity index (χ0) is 54.3. The predicted molar refractivity (Wildman–Crippen MR) is 307 cm³/mol. The standard InChI is InChI=1S/C28H33ClN4O.C17H21N3O2S.C11H18O2.2C2H6/c1-28(2)25-20(19-11-15-32(16-12-19)17-18-9-13-30-14-10-18)5-3-8-23(25)33-22-7-4-6-21(29)24(22)26(34)31-27(28)33;1-11-16(23-10-19-11)13-5-3-12(4-6-13)8-18-17(22)15-7-14(21)9-20(15)2;1-8(2)6-11(13-5)10(7-12)9(3)4;2*1-2/h3-8,18-19,30H,9-17H2,1-2H3;3-6,10,14-15,21H,7-9H2,1-2H3,(H,18,22);6-7,9-10H,1H2,2-5H3;2*1-2H3/b;;11-6-;;. The third kappa shape index (κ3) is 14.5. The Morgan fingerprint density at radius 2 is 1.69 bits per heavy atom. The molecule has 4 aliphatic rings. The van der Waals surface area contributed by atoms with Gasteiger partial charge < -0.3 is 30.2 Å². The number of allylic oxidation sites excluding steroid dienone is 3. The maximum atomic E-state index is 13.0. The van der Waals surface area contributed by atoms with Crippen LogP contribution in [0, 0.1) is 24.7 Å². The van der Waals surface area contributed by atoms with Crippen LogP contribution < -0.4 is 16.2 Å². The molecule has 14 heteroatoms. The van der Waals surface area contributed by atoms with Crippen molar-refractivity contribution in [1.82, 2.24) is 35.0 Å². The quantitative estimate of drug-likeness (QED) is 0.0628. The predicted octanol–water partition coefficient (Wildman–Crippen LogP) is 11.3. The van der Waals surface area contributed by atoms with Crippen molar-refractivity contribution in [3.8, 4) is 16.1 Å². The molecule has 0 aliphatic carbocycles. The Bertz CT molecular complexity index is 2720. The summed E-state index contributed by atoms with van der Waals surface area (Å²) in [6.07, 6.45) is 7.81. The minimum Gasteiger partial charge on any atom is -0.500 e. The first-order chi connectivity index (χ1) is 35.5. The molecule has 12 nitrogen and oxygen atoms in total. The van der Waals surface area contributed by atoms with Gasteiger partial charge in [-0.1, -0.05) is 108 Å². The van der Waals surface area contributed by atoms with Crippen LogP contribution in [0.15, 0.2) is 95.0 Å². The van der Waals surface area contributed by atoms with Crippen LogP contribution >= 0.6 is 22.9 Å². The van der Waals surface area contributed by atoms with Gasteiger partial charge in [-0.25, -0.2) is 4.98 Å². The molecule has 0 saturated carbocycles. The van der Waals surface area contributed by atoms with Gasteiger partial charge in [0.1, 0.15) is 17.9 Å². The average Bonchev–Trinajstić information content (AvgIpc) is 4.06.